The lowest BCUT2D eigenvalue weighted by atomic mass is 9.92. The highest BCUT2D eigenvalue weighted by Crippen LogP contribution is 2.42. The number of thiophene rings is 1. The molecule has 0 unspecified atom stereocenters. The molecule has 184 valence electrons. The molecule has 0 aliphatic carbocycles. The van der Waals surface area contributed by atoms with Gasteiger partial charge in [0.1, 0.15) is 16.1 Å². The quantitative estimate of drug-likeness (QED) is 0.337. The number of amides is 1. The summed E-state index contributed by atoms with van der Waals surface area (Å²) >= 11 is 1.44. The highest BCUT2D eigenvalue weighted by Gasteiger charge is 2.22. The topological polar surface area (TPSA) is 71.6 Å². The van der Waals surface area contributed by atoms with E-state index in [1.807, 2.05) is 45.2 Å². The van der Waals surface area contributed by atoms with Gasteiger partial charge in [-0.15, -0.1) is 11.3 Å². The standard InChI is InChI=1S/C28H32N2O4S/c1-16-14-21(33-7)22(23-20-12-13-35-25(20)26(31)29-24(16)23)19-10-8-18(9-11-19)17(2)15-30(6)27(32)34-28(3,4)5/h8-14,17H,15H2,1-7H3,(H,29,31)/t17-/m1/s1. The Labute approximate surface area is 209 Å². The van der Waals surface area contributed by atoms with E-state index >= 15 is 0 Å². The van der Waals surface area contributed by atoms with E-state index in [-0.39, 0.29) is 17.6 Å². The highest BCUT2D eigenvalue weighted by molar-refractivity contribution is 7.17. The SMILES string of the molecule is COc1cc(C)c2[nH]c(=O)c3sccc3c2c1-c1ccc([C@H](C)CN(C)C(=O)OC(C)(C)C)cc1. The van der Waals surface area contributed by atoms with Crippen LogP contribution in [0, 0.1) is 6.92 Å². The number of likely N-dealkylation sites (N-methyl/N-ethyl adjacent to an activating group) is 1. The fourth-order valence-corrected chi connectivity index (χ4v) is 5.22. The number of aryl methyl sites for hydroxylation is 1. The van der Waals surface area contributed by atoms with Crippen molar-refractivity contribution in [1.82, 2.24) is 9.88 Å². The van der Waals surface area contributed by atoms with Crippen molar-refractivity contribution in [2.75, 3.05) is 20.7 Å². The van der Waals surface area contributed by atoms with Gasteiger partial charge in [-0.2, -0.15) is 0 Å². The Morgan fingerprint density at radius 3 is 2.49 bits per heavy atom. The molecule has 0 bridgehead atoms. The van der Waals surface area contributed by atoms with Crippen molar-refractivity contribution in [3.05, 3.63) is 63.3 Å². The van der Waals surface area contributed by atoms with Gasteiger partial charge in [-0.25, -0.2) is 4.79 Å². The van der Waals surface area contributed by atoms with E-state index in [0.29, 0.717) is 11.2 Å². The molecule has 0 aliphatic heterocycles. The molecule has 2 aromatic heterocycles. The van der Waals surface area contributed by atoms with E-state index in [0.717, 1.165) is 44.3 Å². The summed E-state index contributed by atoms with van der Waals surface area (Å²) in [6, 6.07) is 12.3. The van der Waals surface area contributed by atoms with E-state index in [1.165, 1.54) is 11.3 Å². The van der Waals surface area contributed by atoms with Gasteiger partial charge in [0.05, 0.1) is 12.6 Å². The zero-order chi connectivity index (χ0) is 25.5. The molecule has 1 amide bonds. The van der Waals surface area contributed by atoms with Crippen LogP contribution in [-0.4, -0.2) is 42.3 Å². The van der Waals surface area contributed by atoms with Crippen LogP contribution in [0.3, 0.4) is 0 Å². The maximum absolute atomic E-state index is 12.6. The monoisotopic (exact) mass is 492 g/mol. The third-order valence-electron chi connectivity index (χ3n) is 6.11. The number of pyridine rings is 1. The zero-order valence-corrected chi connectivity index (χ0v) is 22.1. The van der Waals surface area contributed by atoms with Gasteiger partial charge in [-0.05, 0) is 67.8 Å². The van der Waals surface area contributed by atoms with Crippen LogP contribution in [0.5, 0.6) is 5.75 Å². The Hall–Kier alpha value is -3.32. The fraction of sp³-hybridized carbons (Fsp3) is 0.357. The van der Waals surface area contributed by atoms with Crippen LogP contribution in [0.25, 0.3) is 32.1 Å². The van der Waals surface area contributed by atoms with Crippen molar-refractivity contribution < 1.29 is 14.3 Å². The van der Waals surface area contributed by atoms with Crippen LogP contribution in [0.4, 0.5) is 4.79 Å². The Morgan fingerprint density at radius 1 is 1.17 bits per heavy atom. The first kappa shape index (κ1) is 24.8. The van der Waals surface area contributed by atoms with E-state index in [1.54, 1.807) is 19.1 Å². The van der Waals surface area contributed by atoms with Gasteiger partial charge >= 0.3 is 6.09 Å². The number of ether oxygens (including phenoxy) is 2. The maximum Gasteiger partial charge on any atom is 0.410 e. The number of methoxy groups -OCH3 is 1. The number of nitrogens with one attached hydrogen (secondary N) is 1. The number of rotatable bonds is 5. The Kier molecular flexibility index (Phi) is 6.64. The van der Waals surface area contributed by atoms with Crippen LogP contribution in [0.2, 0.25) is 0 Å². The number of benzene rings is 2. The number of hydrogen-bond donors (Lipinski definition) is 1. The molecule has 0 saturated heterocycles. The molecular weight excluding hydrogens is 460 g/mol. The second-order valence-corrected chi connectivity index (χ2v) is 10.9. The molecule has 1 atom stereocenters. The molecule has 2 aromatic carbocycles. The summed E-state index contributed by atoms with van der Waals surface area (Å²) in [6.45, 7) is 10.2. The number of H-pyrrole nitrogens is 1. The summed E-state index contributed by atoms with van der Waals surface area (Å²) in [6.07, 6.45) is -0.328. The first-order valence-electron chi connectivity index (χ1n) is 11.7. The first-order valence-corrected chi connectivity index (χ1v) is 12.5. The highest BCUT2D eigenvalue weighted by atomic mass is 32.1. The molecule has 0 aliphatic rings. The largest absolute Gasteiger partial charge is 0.496 e. The number of carbonyl (C=O) groups is 1. The van der Waals surface area contributed by atoms with Crippen molar-refractivity contribution in [2.24, 2.45) is 0 Å². The van der Waals surface area contributed by atoms with Crippen molar-refractivity contribution in [3.63, 3.8) is 0 Å². The maximum atomic E-state index is 12.6. The van der Waals surface area contributed by atoms with Gasteiger partial charge in [0.15, 0.2) is 0 Å². The number of carbonyl (C=O) groups excluding carboxylic acids is 1. The zero-order valence-electron chi connectivity index (χ0n) is 21.3. The molecule has 0 spiro atoms. The average Bonchev–Trinajstić information content (AvgIpc) is 3.29. The molecule has 0 radical (unpaired) electrons. The number of nitrogens with zero attached hydrogens (tertiary/aromatic N) is 1. The summed E-state index contributed by atoms with van der Waals surface area (Å²) in [5, 5.41) is 3.87. The second-order valence-electron chi connectivity index (χ2n) is 10.0. The van der Waals surface area contributed by atoms with Gasteiger partial charge in [0.2, 0.25) is 0 Å². The van der Waals surface area contributed by atoms with Crippen LogP contribution in [0.15, 0.2) is 46.6 Å². The minimum absolute atomic E-state index is 0.0694. The Bertz CT molecular complexity index is 1440. The summed E-state index contributed by atoms with van der Waals surface area (Å²) < 4.78 is 12.0. The molecule has 7 heteroatoms. The van der Waals surface area contributed by atoms with Crippen molar-refractivity contribution in [3.8, 4) is 16.9 Å². The van der Waals surface area contributed by atoms with E-state index < -0.39 is 5.60 Å². The fourth-order valence-electron chi connectivity index (χ4n) is 4.43. The lowest BCUT2D eigenvalue weighted by Crippen LogP contribution is -2.36. The molecule has 2 heterocycles. The minimum atomic E-state index is -0.524. The van der Waals surface area contributed by atoms with Crippen molar-refractivity contribution in [2.45, 2.75) is 46.1 Å². The Morgan fingerprint density at radius 2 is 1.86 bits per heavy atom. The first-order chi connectivity index (χ1) is 16.5. The van der Waals surface area contributed by atoms with Crippen LogP contribution in [0.1, 0.15) is 44.7 Å². The summed E-state index contributed by atoms with van der Waals surface area (Å²) in [5.74, 6) is 0.887. The molecule has 35 heavy (non-hydrogen) atoms. The van der Waals surface area contributed by atoms with Crippen LogP contribution >= 0.6 is 11.3 Å². The average molecular weight is 493 g/mol. The molecule has 4 aromatic rings. The van der Waals surface area contributed by atoms with Gasteiger partial charge in [-0.3, -0.25) is 4.79 Å². The minimum Gasteiger partial charge on any atom is -0.496 e. The molecule has 6 nitrogen and oxygen atoms in total. The molecule has 0 fully saturated rings. The van der Waals surface area contributed by atoms with E-state index in [2.05, 4.69) is 36.2 Å². The second kappa shape index (κ2) is 9.38. The van der Waals surface area contributed by atoms with Gasteiger partial charge in [0.25, 0.3) is 5.56 Å². The number of hydrogen-bond acceptors (Lipinski definition) is 5. The predicted octanol–water partition coefficient (Wildman–Crippen LogP) is 6.70. The lowest BCUT2D eigenvalue weighted by Gasteiger charge is -2.26. The number of fused-ring (bicyclic) bond motifs is 3. The van der Waals surface area contributed by atoms with Crippen LogP contribution < -0.4 is 10.3 Å². The van der Waals surface area contributed by atoms with Gasteiger partial charge < -0.3 is 19.4 Å². The Balaban J connectivity index is 1.72. The smallest absolute Gasteiger partial charge is 0.410 e. The molecule has 4 rings (SSSR count). The van der Waals surface area contributed by atoms with Crippen LogP contribution in [-0.2, 0) is 4.74 Å². The van der Waals surface area contributed by atoms with Crippen molar-refractivity contribution >= 4 is 38.4 Å². The normalized spacial score (nSPS) is 12.7. The summed E-state index contributed by atoms with van der Waals surface area (Å²) in [4.78, 5) is 29.7. The third kappa shape index (κ3) is 4.91. The van der Waals surface area contributed by atoms with E-state index in [9.17, 15) is 9.59 Å². The van der Waals surface area contributed by atoms with E-state index in [4.69, 9.17) is 9.47 Å². The third-order valence-corrected chi connectivity index (χ3v) is 7.02. The number of aromatic nitrogens is 1. The van der Waals surface area contributed by atoms with Gasteiger partial charge in [0, 0.05) is 29.9 Å². The summed E-state index contributed by atoms with van der Waals surface area (Å²) in [7, 11) is 3.43. The van der Waals surface area contributed by atoms with Gasteiger partial charge in [-0.1, -0.05) is 31.2 Å². The predicted molar refractivity (Wildman–Crippen MR) is 144 cm³/mol. The summed E-state index contributed by atoms with van der Waals surface area (Å²) in [5.41, 5.74) is 4.27. The lowest BCUT2D eigenvalue weighted by molar-refractivity contribution is 0.0291. The molecular formula is C28H32N2O4S. The molecule has 1 N–H and O–H groups in total. The number of aromatic amines is 1. The van der Waals surface area contributed by atoms with Crippen molar-refractivity contribution in [1.29, 1.82) is 0 Å². The molecule has 0 saturated carbocycles.